The number of hydrogen-bond donors (Lipinski definition) is 0. The Hall–Kier alpha value is -0.650. The first-order chi connectivity index (χ1) is 7.33. The number of anilines is 1. The zero-order valence-electron chi connectivity index (χ0n) is 8.93. The van der Waals surface area contributed by atoms with E-state index in [1.54, 1.807) is 4.68 Å². The van der Waals surface area contributed by atoms with Gasteiger partial charge in [-0.3, -0.25) is 0 Å². The van der Waals surface area contributed by atoms with E-state index in [1.165, 1.54) is 25.7 Å². The molecule has 0 bridgehead atoms. The van der Waals surface area contributed by atoms with Crippen molar-refractivity contribution in [2.75, 3.05) is 16.8 Å². The van der Waals surface area contributed by atoms with E-state index in [1.807, 2.05) is 7.05 Å². The predicted octanol–water partition coefficient (Wildman–Crippen LogP) is 1.35. The van der Waals surface area contributed by atoms with Gasteiger partial charge in [0.2, 0.25) is 5.95 Å². The molecule has 15 heavy (non-hydrogen) atoms. The first kappa shape index (κ1) is 10.9. The molecule has 0 aliphatic carbocycles. The SMILES string of the molecule is Cn1nnnc1N1CCCCCC1CBr. The lowest BCUT2D eigenvalue weighted by Crippen LogP contribution is -2.37. The van der Waals surface area contributed by atoms with Crippen LogP contribution in [0.5, 0.6) is 0 Å². The summed E-state index contributed by atoms with van der Waals surface area (Å²) in [6.07, 6.45) is 5.07. The van der Waals surface area contributed by atoms with Gasteiger partial charge in [0.1, 0.15) is 0 Å². The molecule has 1 aliphatic rings. The molecule has 1 aliphatic heterocycles. The second-order valence-corrected chi connectivity index (χ2v) is 4.60. The Balaban J connectivity index is 2.20. The Kier molecular flexibility index (Phi) is 3.56. The van der Waals surface area contributed by atoms with E-state index >= 15 is 0 Å². The van der Waals surface area contributed by atoms with Gasteiger partial charge in [0, 0.05) is 25.0 Å². The van der Waals surface area contributed by atoms with E-state index in [0.717, 1.165) is 17.8 Å². The fourth-order valence-corrected chi connectivity index (χ4v) is 2.74. The summed E-state index contributed by atoms with van der Waals surface area (Å²) in [5.41, 5.74) is 0. The van der Waals surface area contributed by atoms with Gasteiger partial charge in [-0.1, -0.05) is 33.9 Å². The largest absolute Gasteiger partial charge is 0.336 e. The Morgan fingerprint density at radius 2 is 2.27 bits per heavy atom. The van der Waals surface area contributed by atoms with Crippen LogP contribution in [0.2, 0.25) is 0 Å². The summed E-state index contributed by atoms with van der Waals surface area (Å²) in [5.74, 6) is 0.890. The van der Waals surface area contributed by atoms with Crippen LogP contribution >= 0.6 is 15.9 Å². The number of halogens is 1. The van der Waals surface area contributed by atoms with Crippen molar-refractivity contribution in [2.24, 2.45) is 7.05 Å². The van der Waals surface area contributed by atoms with Crippen LogP contribution in [0.3, 0.4) is 0 Å². The van der Waals surface area contributed by atoms with E-state index in [-0.39, 0.29) is 0 Å². The number of alkyl halides is 1. The van der Waals surface area contributed by atoms with E-state index in [0.29, 0.717) is 6.04 Å². The summed E-state index contributed by atoms with van der Waals surface area (Å²) in [5, 5.41) is 12.7. The minimum atomic E-state index is 0.525. The number of hydrogen-bond acceptors (Lipinski definition) is 4. The molecule has 2 heterocycles. The minimum absolute atomic E-state index is 0.525. The van der Waals surface area contributed by atoms with Crippen molar-refractivity contribution >= 4 is 21.9 Å². The highest BCUT2D eigenvalue weighted by Gasteiger charge is 2.23. The Labute approximate surface area is 98.0 Å². The molecule has 1 unspecified atom stereocenters. The van der Waals surface area contributed by atoms with Crippen molar-refractivity contribution in [1.82, 2.24) is 20.2 Å². The van der Waals surface area contributed by atoms with E-state index < -0.39 is 0 Å². The van der Waals surface area contributed by atoms with Crippen molar-refractivity contribution in [3.8, 4) is 0 Å². The molecule has 1 atom stereocenters. The molecular formula is C9H16BrN5. The molecule has 1 saturated heterocycles. The van der Waals surface area contributed by atoms with Crippen LogP contribution in [0.25, 0.3) is 0 Å². The Morgan fingerprint density at radius 3 is 2.93 bits per heavy atom. The number of rotatable bonds is 2. The molecule has 0 amide bonds. The topological polar surface area (TPSA) is 46.8 Å². The minimum Gasteiger partial charge on any atom is -0.336 e. The highest BCUT2D eigenvalue weighted by Crippen LogP contribution is 2.22. The third-order valence-corrected chi connectivity index (χ3v) is 3.66. The molecule has 0 saturated carbocycles. The van der Waals surface area contributed by atoms with Crippen molar-refractivity contribution in [2.45, 2.75) is 31.7 Å². The van der Waals surface area contributed by atoms with Gasteiger partial charge >= 0.3 is 0 Å². The molecule has 1 fully saturated rings. The molecule has 5 nitrogen and oxygen atoms in total. The Bertz CT molecular complexity index is 313. The molecule has 1 aromatic rings. The lowest BCUT2D eigenvalue weighted by Gasteiger charge is -2.28. The highest BCUT2D eigenvalue weighted by atomic mass is 79.9. The molecule has 2 rings (SSSR count). The maximum atomic E-state index is 4.09. The van der Waals surface area contributed by atoms with E-state index in [2.05, 4.69) is 36.4 Å². The number of aromatic nitrogens is 4. The van der Waals surface area contributed by atoms with E-state index in [4.69, 9.17) is 0 Å². The summed E-state index contributed by atoms with van der Waals surface area (Å²) in [6.45, 7) is 1.06. The summed E-state index contributed by atoms with van der Waals surface area (Å²) in [4.78, 5) is 2.32. The van der Waals surface area contributed by atoms with E-state index in [9.17, 15) is 0 Å². The van der Waals surface area contributed by atoms with Crippen LogP contribution in [0.4, 0.5) is 5.95 Å². The van der Waals surface area contributed by atoms with Crippen LogP contribution in [-0.2, 0) is 7.05 Å². The first-order valence-corrected chi connectivity index (χ1v) is 6.50. The molecule has 84 valence electrons. The van der Waals surface area contributed by atoms with Gasteiger partial charge in [-0.25, -0.2) is 4.68 Å². The highest BCUT2D eigenvalue weighted by molar-refractivity contribution is 9.09. The summed E-state index contributed by atoms with van der Waals surface area (Å²) in [6, 6.07) is 0.525. The molecule has 0 aromatic carbocycles. The fraction of sp³-hybridized carbons (Fsp3) is 0.889. The molecule has 0 N–H and O–H groups in total. The molecular weight excluding hydrogens is 258 g/mol. The maximum Gasteiger partial charge on any atom is 0.245 e. The van der Waals surface area contributed by atoms with Gasteiger partial charge in [0.15, 0.2) is 0 Å². The van der Waals surface area contributed by atoms with Gasteiger partial charge in [-0.15, -0.1) is 0 Å². The average molecular weight is 274 g/mol. The first-order valence-electron chi connectivity index (χ1n) is 5.38. The quantitative estimate of drug-likeness (QED) is 0.764. The number of nitrogens with zero attached hydrogens (tertiary/aromatic N) is 5. The van der Waals surface area contributed by atoms with Gasteiger partial charge in [-0.2, -0.15) is 0 Å². The lowest BCUT2D eigenvalue weighted by molar-refractivity contribution is 0.597. The maximum absolute atomic E-state index is 4.09. The fourth-order valence-electron chi connectivity index (χ4n) is 2.07. The van der Waals surface area contributed by atoms with Crippen LogP contribution in [0, 0.1) is 0 Å². The predicted molar refractivity (Wildman–Crippen MR) is 62.2 cm³/mol. The second-order valence-electron chi connectivity index (χ2n) is 3.95. The van der Waals surface area contributed by atoms with Crippen LogP contribution in [-0.4, -0.2) is 38.1 Å². The van der Waals surface area contributed by atoms with Crippen LogP contribution in [0.15, 0.2) is 0 Å². The van der Waals surface area contributed by atoms with Crippen molar-refractivity contribution in [3.63, 3.8) is 0 Å². The Morgan fingerprint density at radius 1 is 1.40 bits per heavy atom. The van der Waals surface area contributed by atoms with Crippen molar-refractivity contribution < 1.29 is 0 Å². The number of aryl methyl sites for hydroxylation is 1. The van der Waals surface area contributed by atoms with Crippen molar-refractivity contribution in [1.29, 1.82) is 0 Å². The lowest BCUT2D eigenvalue weighted by atomic mass is 10.1. The van der Waals surface area contributed by atoms with Gasteiger partial charge in [-0.05, 0) is 23.3 Å². The molecule has 1 aromatic heterocycles. The van der Waals surface area contributed by atoms with Gasteiger partial charge < -0.3 is 4.90 Å². The van der Waals surface area contributed by atoms with Gasteiger partial charge in [0.05, 0.1) is 0 Å². The molecule has 0 radical (unpaired) electrons. The third kappa shape index (κ3) is 2.30. The number of tetrazole rings is 1. The summed E-state index contributed by atoms with van der Waals surface area (Å²) in [7, 11) is 1.89. The van der Waals surface area contributed by atoms with Crippen LogP contribution in [0.1, 0.15) is 25.7 Å². The zero-order valence-corrected chi connectivity index (χ0v) is 10.5. The van der Waals surface area contributed by atoms with Crippen LogP contribution < -0.4 is 4.90 Å². The molecule has 0 spiro atoms. The second kappa shape index (κ2) is 4.92. The third-order valence-electron chi connectivity index (χ3n) is 2.91. The van der Waals surface area contributed by atoms with Crippen molar-refractivity contribution in [3.05, 3.63) is 0 Å². The monoisotopic (exact) mass is 273 g/mol. The average Bonchev–Trinajstić information content (AvgIpc) is 2.54. The molecule has 6 heteroatoms. The normalized spacial score (nSPS) is 22.8. The zero-order chi connectivity index (χ0) is 10.7. The van der Waals surface area contributed by atoms with Gasteiger partial charge in [0.25, 0.3) is 0 Å². The standard InChI is InChI=1S/C9H16BrN5/c1-14-9(11-12-13-14)15-6-4-2-3-5-8(15)7-10/h8H,2-7H2,1H3. The smallest absolute Gasteiger partial charge is 0.245 e. The summed E-state index contributed by atoms with van der Waals surface area (Å²) >= 11 is 3.58. The summed E-state index contributed by atoms with van der Waals surface area (Å²) < 4.78 is 1.75.